The van der Waals surface area contributed by atoms with E-state index in [0.29, 0.717) is 6.04 Å². The number of alkyl carbamates (subject to hydrolysis) is 1. The van der Waals surface area contributed by atoms with Crippen molar-refractivity contribution in [1.82, 2.24) is 5.32 Å². The van der Waals surface area contributed by atoms with Crippen LogP contribution in [0.3, 0.4) is 0 Å². The Morgan fingerprint density at radius 3 is 2.11 bits per heavy atom. The first-order valence-electron chi connectivity index (χ1n) is 10.5. The molecule has 28 heavy (non-hydrogen) atoms. The number of hydrogen-bond donors (Lipinski definition) is 2. The topological polar surface area (TPSA) is 59.6 Å². The summed E-state index contributed by atoms with van der Waals surface area (Å²) >= 11 is 0. The first-order chi connectivity index (χ1) is 13.1. The van der Waals surface area contributed by atoms with Gasteiger partial charge in [0.25, 0.3) is 0 Å². The van der Waals surface area contributed by atoms with E-state index in [1.54, 1.807) is 0 Å². The number of amides is 1. The zero-order chi connectivity index (χ0) is 20.8. The monoisotopic (exact) mass is 390 g/mol. The van der Waals surface area contributed by atoms with Crippen LogP contribution in [0.1, 0.15) is 72.8 Å². The Balaban J connectivity index is 1.79. The molecule has 0 radical (unpaired) electrons. The minimum atomic E-state index is -0.452. The van der Waals surface area contributed by atoms with Crippen LogP contribution >= 0.6 is 0 Å². The summed E-state index contributed by atoms with van der Waals surface area (Å²) in [7, 11) is 0. The van der Waals surface area contributed by atoms with Gasteiger partial charge in [-0.3, -0.25) is 0 Å². The summed E-state index contributed by atoms with van der Waals surface area (Å²) in [6.45, 7) is 13.6. The maximum absolute atomic E-state index is 11.9. The van der Waals surface area contributed by atoms with Crippen LogP contribution in [-0.4, -0.2) is 37.0 Å². The van der Waals surface area contributed by atoms with Gasteiger partial charge in [0.15, 0.2) is 0 Å². The lowest BCUT2D eigenvalue weighted by Gasteiger charge is -2.31. The Labute approximate surface area is 170 Å². The highest BCUT2D eigenvalue weighted by atomic mass is 16.6. The molecule has 0 saturated heterocycles. The average molecular weight is 391 g/mol. The zero-order valence-corrected chi connectivity index (χ0v) is 18.4. The molecule has 0 aromatic heterocycles. The van der Waals surface area contributed by atoms with Gasteiger partial charge in [0.2, 0.25) is 0 Å². The van der Waals surface area contributed by atoms with Crippen molar-refractivity contribution in [2.45, 2.75) is 90.3 Å². The van der Waals surface area contributed by atoms with Crippen LogP contribution in [0.2, 0.25) is 0 Å². The third kappa shape index (κ3) is 7.34. The first-order valence-corrected chi connectivity index (χ1v) is 10.5. The SMILES string of the molecule is CCOCC(C)(C)c1ccc(NC2CCC(NC(=O)OC(C)(C)C)CC2)cc1. The van der Waals surface area contributed by atoms with E-state index in [4.69, 9.17) is 9.47 Å². The Morgan fingerprint density at radius 2 is 1.57 bits per heavy atom. The van der Waals surface area contributed by atoms with Crippen LogP contribution in [0, 0.1) is 0 Å². The predicted octanol–water partition coefficient (Wildman–Crippen LogP) is 5.25. The van der Waals surface area contributed by atoms with Crippen LogP contribution in [0.25, 0.3) is 0 Å². The molecule has 0 aliphatic heterocycles. The molecule has 1 amide bonds. The highest BCUT2D eigenvalue weighted by Gasteiger charge is 2.25. The average Bonchev–Trinajstić information content (AvgIpc) is 2.60. The molecule has 1 aliphatic rings. The Kier molecular flexibility index (Phi) is 7.76. The zero-order valence-electron chi connectivity index (χ0n) is 18.4. The van der Waals surface area contributed by atoms with Gasteiger partial charge in [0.05, 0.1) is 6.61 Å². The van der Waals surface area contributed by atoms with Gasteiger partial charge >= 0.3 is 6.09 Å². The van der Waals surface area contributed by atoms with Gasteiger partial charge in [-0.2, -0.15) is 0 Å². The first kappa shape index (κ1) is 22.5. The summed E-state index contributed by atoms with van der Waals surface area (Å²) in [4.78, 5) is 11.9. The fourth-order valence-corrected chi connectivity index (χ4v) is 3.55. The largest absolute Gasteiger partial charge is 0.444 e. The Bertz CT molecular complexity index is 612. The minimum Gasteiger partial charge on any atom is -0.444 e. The Morgan fingerprint density at radius 1 is 1.00 bits per heavy atom. The molecule has 2 N–H and O–H groups in total. The lowest BCUT2D eigenvalue weighted by molar-refractivity contribution is 0.0492. The van der Waals surface area contributed by atoms with Crippen LogP contribution < -0.4 is 10.6 Å². The lowest BCUT2D eigenvalue weighted by atomic mass is 9.85. The van der Waals surface area contributed by atoms with Crippen LogP contribution in [0.15, 0.2) is 24.3 Å². The molecule has 1 fully saturated rings. The summed E-state index contributed by atoms with van der Waals surface area (Å²) in [6.07, 6.45) is 3.71. The van der Waals surface area contributed by atoms with Crippen molar-refractivity contribution in [2.24, 2.45) is 0 Å². The van der Waals surface area contributed by atoms with Gasteiger partial charge in [-0.25, -0.2) is 4.79 Å². The smallest absolute Gasteiger partial charge is 0.407 e. The van der Waals surface area contributed by atoms with Gasteiger partial charge in [-0.1, -0.05) is 26.0 Å². The quantitative estimate of drug-likeness (QED) is 0.668. The minimum absolute atomic E-state index is 0.0138. The molecule has 0 unspecified atom stereocenters. The summed E-state index contributed by atoms with van der Waals surface area (Å²) in [5.74, 6) is 0. The van der Waals surface area contributed by atoms with E-state index < -0.39 is 5.60 Å². The lowest BCUT2D eigenvalue weighted by Crippen LogP contribution is -2.42. The van der Waals surface area contributed by atoms with Crippen LogP contribution in [0.4, 0.5) is 10.5 Å². The van der Waals surface area contributed by atoms with Crippen molar-refractivity contribution in [2.75, 3.05) is 18.5 Å². The Hall–Kier alpha value is -1.75. The summed E-state index contributed by atoms with van der Waals surface area (Å²) < 4.78 is 11.0. The van der Waals surface area contributed by atoms with E-state index in [0.717, 1.165) is 44.6 Å². The third-order valence-corrected chi connectivity index (χ3v) is 5.15. The molecule has 2 rings (SSSR count). The van der Waals surface area contributed by atoms with Crippen molar-refractivity contribution >= 4 is 11.8 Å². The van der Waals surface area contributed by atoms with E-state index in [2.05, 4.69) is 48.7 Å². The molecule has 5 heteroatoms. The summed E-state index contributed by atoms with van der Waals surface area (Å²) in [5, 5.41) is 6.64. The number of nitrogens with one attached hydrogen (secondary N) is 2. The number of benzene rings is 1. The van der Waals surface area contributed by atoms with Gasteiger partial charge in [0.1, 0.15) is 5.60 Å². The highest BCUT2D eigenvalue weighted by Crippen LogP contribution is 2.27. The molecule has 1 aromatic rings. The van der Waals surface area contributed by atoms with Crippen molar-refractivity contribution in [3.05, 3.63) is 29.8 Å². The van der Waals surface area contributed by atoms with Gasteiger partial charge in [-0.15, -0.1) is 0 Å². The molecule has 0 bridgehead atoms. The van der Waals surface area contributed by atoms with E-state index in [1.807, 2.05) is 27.7 Å². The molecule has 0 heterocycles. The second-order valence-electron chi connectivity index (χ2n) is 9.44. The second kappa shape index (κ2) is 9.64. The van der Waals surface area contributed by atoms with Crippen molar-refractivity contribution in [3.63, 3.8) is 0 Å². The summed E-state index contributed by atoms with van der Waals surface area (Å²) in [6, 6.07) is 9.35. The molecular weight excluding hydrogens is 352 g/mol. The standard InChI is InChI=1S/C23H38N2O3/c1-7-27-16-23(5,6)17-8-10-18(11-9-17)24-19-12-14-20(15-13-19)25-21(26)28-22(2,3)4/h8-11,19-20,24H,7,12-16H2,1-6H3,(H,25,26). The van der Waals surface area contributed by atoms with Gasteiger partial charge in [-0.05, 0) is 71.1 Å². The van der Waals surface area contributed by atoms with E-state index in [1.165, 1.54) is 5.56 Å². The fraction of sp³-hybridized carbons (Fsp3) is 0.696. The molecule has 0 spiro atoms. The number of anilines is 1. The van der Waals surface area contributed by atoms with Crippen molar-refractivity contribution in [1.29, 1.82) is 0 Å². The van der Waals surface area contributed by atoms with Crippen LogP contribution in [0.5, 0.6) is 0 Å². The molecule has 1 aliphatic carbocycles. The predicted molar refractivity (Wildman–Crippen MR) is 115 cm³/mol. The van der Waals surface area contributed by atoms with E-state index in [9.17, 15) is 4.79 Å². The summed E-state index contributed by atoms with van der Waals surface area (Å²) in [5.41, 5.74) is 2.00. The highest BCUT2D eigenvalue weighted by molar-refractivity contribution is 5.68. The fourth-order valence-electron chi connectivity index (χ4n) is 3.55. The van der Waals surface area contributed by atoms with E-state index in [-0.39, 0.29) is 17.6 Å². The number of rotatable bonds is 7. The second-order valence-corrected chi connectivity index (χ2v) is 9.44. The molecule has 5 nitrogen and oxygen atoms in total. The molecule has 0 atom stereocenters. The molecular formula is C23H38N2O3. The van der Waals surface area contributed by atoms with Crippen molar-refractivity contribution in [3.8, 4) is 0 Å². The van der Waals surface area contributed by atoms with Crippen molar-refractivity contribution < 1.29 is 14.3 Å². The number of hydrogen-bond acceptors (Lipinski definition) is 4. The molecule has 158 valence electrons. The molecule has 1 saturated carbocycles. The van der Waals surface area contributed by atoms with Gasteiger partial charge in [0, 0.05) is 29.8 Å². The number of carbonyl (C=O) groups is 1. The number of ether oxygens (including phenoxy) is 2. The maximum Gasteiger partial charge on any atom is 0.407 e. The van der Waals surface area contributed by atoms with E-state index >= 15 is 0 Å². The third-order valence-electron chi connectivity index (χ3n) is 5.15. The molecule has 1 aromatic carbocycles. The number of carbonyl (C=O) groups excluding carboxylic acids is 1. The van der Waals surface area contributed by atoms with Gasteiger partial charge < -0.3 is 20.1 Å². The maximum atomic E-state index is 11.9. The normalized spacial score (nSPS) is 20.5. The van der Waals surface area contributed by atoms with Crippen LogP contribution in [-0.2, 0) is 14.9 Å².